The lowest BCUT2D eigenvalue weighted by atomic mass is 10.2. The molecule has 1 aliphatic heterocycles. The summed E-state index contributed by atoms with van der Waals surface area (Å²) in [7, 11) is 1.59. The summed E-state index contributed by atoms with van der Waals surface area (Å²) in [6.07, 6.45) is 0. The third kappa shape index (κ3) is 4.90. The summed E-state index contributed by atoms with van der Waals surface area (Å²) in [5.74, 6) is -0.0267. The van der Waals surface area contributed by atoms with E-state index in [9.17, 15) is 14.9 Å². The molecule has 1 aromatic rings. The molecule has 1 amide bonds. The maximum atomic E-state index is 11.8. The highest BCUT2D eigenvalue weighted by atomic mass is 16.6. The smallest absolute Gasteiger partial charge is 0.292 e. The summed E-state index contributed by atoms with van der Waals surface area (Å²) in [4.78, 5) is 26.6. The summed E-state index contributed by atoms with van der Waals surface area (Å²) >= 11 is 0. The number of nitrogens with one attached hydrogen (secondary N) is 1. The average Bonchev–Trinajstić information content (AvgIpc) is 2.56. The van der Waals surface area contributed by atoms with E-state index >= 15 is 0 Å². The van der Waals surface area contributed by atoms with Gasteiger partial charge in [0.1, 0.15) is 5.69 Å². The maximum absolute atomic E-state index is 11.8. The van der Waals surface area contributed by atoms with Gasteiger partial charge in [-0.2, -0.15) is 0 Å². The fraction of sp³-hybridized carbons (Fsp3) is 0.533. The average molecular weight is 322 g/mol. The topological polar surface area (TPSA) is 88.0 Å². The van der Waals surface area contributed by atoms with E-state index in [1.165, 1.54) is 6.07 Å². The number of piperazine rings is 1. The van der Waals surface area contributed by atoms with Crippen molar-refractivity contribution in [3.05, 3.63) is 34.4 Å². The standard InChI is InChI=1S/C15H22N4O4/c1-23-11-6-16-15(20)12-17-7-9-18(10-8-17)13-4-2-3-5-14(13)19(21)22/h2-5H,6-12H2,1H3,(H,16,20). The highest BCUT2D eigenvalue weighted by molar-refractivity contribution is 5.78. The number of anilines is 1. The van der Waals surface area contributed by atoms with Gasteiger partial charge < -0.3 is 15.0 Å². The van der Waals surface area contributed by atoms with Gasteiger partial charge in [0.15, 0.2) is 0 Å². The SMILES string of the molecule is COCCNC(=O)CN1CCN(c2ccccc2[N+](=O)[O-])CC1. The van der Waals surface area contributed by atoms with Gasteiger partial charge >= 0.3 is 0 Å². The van der Waals surface area contributed by atoms with Crippen molar-refractivity contribution in [2.24, 2.45) is 0 Å². The van der Waals surface area contributed by atoms with Crippen LogP contribution in [0.5, 0.6) is 0 Å². The number of nitrogens with zero attached hydrogens (tertiary/aromatic N) is 3. The molecule has 0 spiro atoms. The molecule has 1 fully saturated rings. The van der Waals surface area contributed by atoms with Crippen LogP contribution in [0.15, 0.2) is 24.3 Å². The molecule has 23 heavy (non-hydrogen) atoms. The molecule has 0 atom stereocenters. The van der Waals surface area contributed by atoms with Crippen LogP contribution in [-0.4, -0.2) is 68.7 Å². The molecule has 1 aliphatic rings. The Morgan fingerprint density at radius 3 is 2.65 bits per heavy atom. The van der Waals surface area contributed by atoms with Crippen molar-refractivity contribution in [2.45, 2.75) is 0 Å². The Morgan fingerprint density at radius 1 is 1.30 bits per heavy atom. The Hall–Kier alpha value is -2.19. The molecule has 8 heteroatoms. The molecule has 126 valence electrons. The van der Waals surface area contributed by atoms with Gasteiger partial charge in [-0.05, 0) is 6.07 Å². The first-order chi connectivity index (χ1) is 11.1. The van der Waals surface area contributed by atoms with Gasteiger partial charge in [0.05, 0.1) is 18.1 Å². The number of hydrogen-bond acceptors (Lipinski definition) is 6. The van der Waals surface area contributed by atoms with Crippen LogP contribution in [0.2, 0.25) is 0 Å². The van der Waals surface area contributed by atoms with Crippen molar-refractivity contribution in [3.63, 3.8) is 0 Å². The highest BCUT2D eigenvalue weighted by Gasteiger charge is 2.23. The van der Waals surface area contributed by atoms with Crippen LogP contribution in [0.4, 0.5) is 11.4 Å². The van der Waals surface area contributed by atoms with Crippen molar-refractivity contribution in [2.75, 3.05) is 57.9 Å². The molecule has 1 aromatic carbocycles. The zero-order valence-corrected chi connectivity index (χ0v) is 13.2. The molecule has 8 nitrogen and oxygen atoms in total. The Labute approximate surface area is 135 Å². The van der Waals surface area contributed by atoms with E-state index in [1.54, 1.807) is 25.3 Å². The Kier molecular flexibility index (Phi) is 6.30. The molecular formula is C15H22N4O4. The van der Waals surface area contributed by atoms with E-state index in [-0.39, 0.29) is 16.5 Å². The Balaban J connectivity index is 1.85. The molecule has 0 aliphatic carbocycles. The largest absolute Gasteiger partial charge is 0.383 e. The molecule has 1 saturated heterocycles. The number of hydrogen-bond donors (Lipinski definition) is 1. The summed E-state index contributed by atoms with van der Waals surface area (Å²) in [5, 5.41) is 13.9. The lowest BCUT2D eigenvalue weighted by Gasteiger charge is -2.35. The molecule has 0 unspecified atom stereocenters. The lowest BCUT2D eigenvalue weighted by molar-refractivity contribution is -0.384. The van der Waals surface area contributed by atoms with E-state index in [2.05, 4.69) is 5.32 Å². The molecule has 0 radical (unpaired) electrons. The van der Waals surface area contributed by atoms with Crippen molar-refractivity contribution >= 4 is 17.3 Å². The van der Waals surface area contributed by atoms with Gasteiger partial charge in [0, 0.05) is 45.9 Å². The number of benzene rings is 1. The third-order valence-electron chi connectivity index (χ3n) is 3.79. The first-order valence-electron chi connectivity index (χ1n) is 7.58. The number of para-hydroxylation sites is 2. The normalized spacial score (nSPS) is 15.4. The number of carbonyl (C=O) groups is 1. The molecule has 1 N–H and O–H groups in total. The van der Waals surface area contributed by atoms with Gasteiger partial charge in [-0.3, -0.25) is 19.8 Å². The fourth-order valence-electron chi connectivity index (χ4n) is 2.58. The third-order valence-corrected chi connectivity index (χ3v) is 3.79. The predicted molar refractivity (Wildman–Crippen MR) is 86.6 cm³/mol. The van der Waals surface area contributed by atoms with E-state index in [0.29, 0.717) is 51.6 Å². The molecule has 2 rings (SSSR count). The van der Waals surface area contributed by atoms with Crippen LogP contribution in [0.1, 0.15) is 0 Å². The monoisotopic (exact) mass is 322 g/mol. The van der Waals surface area contributed by atoms with Gasteiger partial charge in [-0.1, -0.05) is 12.1 Å². The van der Waals surface area contributed by atoms with E-state index < -0.39 is 0 Å². The van der Waals surface area contributed by atoms with Crippen LogP contribution in [0.3, 0.4) is 0 Å². The van der Waals surface area contributed by atoms with Crippen LogP contribution in [0, 0.1) is 10.1 Å². The van der Waals surface area contributed by atoms with Crippen molar-refractivity contribution in [3.8, 4) is 0 Å². The number of methoxy groups -OCH3 is 1. The Morgan fingerprint density at radius 2 is 2.00 bits per heavy atom. The molecule has 0 bridgehead atoms. The van der Waals surface area contributed by atoms with E-state index in [4.69, 9.17) is 4.74 Å². The minimum absolute atomic E-state index is 0.0267. The van der Waals surface area contributed by atoms with Crippen molar-refractivity contribution < 1.29 is 14.5 Å². The number of nitro groups is 1. The minimum Gasteiger partial charge on any atom is -0.383 e. The second kappa shape index (κ2) is 8.44. The summed E-state index contributed by atoms with van der Waals surface area (Å²) in [5.41, 5.74) is 0.764. The van der Waals surface area contributed by atoms with Crippen LogP contribution >= 0.6 is 0 Å². The maximum Gasteiger partial charge on any atom is 0.292 e. The zero-order valence-electron chi connectivity index (χ0n) is 13.2. The van der Waals surface area contributed by atoms with Crippen LogP contribution < -0.4 is 10.2 Å². The van der Waals surface area contributed by atoms with Gasteiger partial charge in [-0.15, -0.1) is 0 Å². The second-order valence-corrected chi connectivity index (χ2v) is 5.35. The van der Waals surface area contributed by atoms with Crippen molar-refractivity contribution in [1.29, 1.82) is 0 Å². The summed E-state index contributed by atoms with van der Waals surface area (Å²) in [6.45, 7) is 4.07. The Bertz CT molecular complexity index is 544. The number of amides is 1. The predicted octanol–water partition coefficient (Wildman–Crippen LogP) is 0.479. The minimum atomic E-state index is -0.356. The number of rotatable bonds is 7. The van der Waals surface area contributed by atoms with E-state index in [0.717, 1.165) is 0 Å². The number of nitro benzene ring substituents is 1. The first kappa shape index (κ1) is 17.2. The quantitative estimate of drug-likeness (QED) is 0.446. The molecule has 1 heterocycles. The lowest BCUT2D eigenvalue weighted by Crippen LogP contribution is -2.49. The van der Waals surface area contributed by atoms with Crippen LogP contribution in [-0.2, 0) is 9.53 Å². The van der Waals surface area contributed by atoms with Crippen molar-refractivity contribution in [1.82, 2.24) is 10.2 Å². The number of ether oxygens (including phenoxy) is 1. The fourth-order valence-corrected chi connectivity index (χ4v) is 2.58. The second-order valence-electron chi connectivity index (χ2n) is 5.35. The summed E-state index contributed by atoms with van der Waals surface area (Å²) in [6, 6.07) is 6.76. The molecule has 0 aromatic heterocycles. The van der Waals surface area contributed by atoms with Gasteiger partial charge in [0.25, 0.3) is 5.69 Å². The van der Waals surface area contributed by atoms with Gasteiger partial charge in [0.2, 0.25) is 5.91 Å². The van der Waals surface area contributed by atoms with E-state index in [1.807, 2.05) is 9.80 Å². The van der Waals surface area contributed by atoms with Crippen LogP contribution in [0.25, 0.3) is 0 Å². The highest BCUT2D eigenvalue weighted by Crippen LogP contribution is 2.28. The zero-order chi connectivity index (χ0) is 16.7. The molecule has 0 saturated carbocycles. The molecular weight excluding hydrogens is 300 g/mol. The summed E-state index contributed by atoms with van der Waals surface area (Å²) < 4.78 is 4.89. The van der Waals surface area contributed by atoms with Gasteiger partial charge in [-0.25, -0.2) is 0 Å². The number of carbonyl (C=O) groups excluding carboxylic acids is 1. The first-order valence-corrected chi connectivity index (χ1v) is 7.58.